The van der Waals surface area contributed by atoms with E-state index in [1.54, 1.807) is 0 Å². The van der Waals surface area contributed by atoms with Gasteiger partial charge < -0.3 is 10.4 Å². The summed E-state index contributed by atoms with van der Waals surface area (Å²) in [4.78, 5) is 10.2. The van der Waals surface area contributed by atoms with Crippen molar-refractivity contribution in [3.63, 3.8) is 0 Å². The van der Waals surface area contributed by atoms with Crippen LogP contribution in [0.5, 0.6) is 0 Å². The number of hydrogen-bond donors (Lipinski definition) is 2. The Morgan fingerprint density at radius 2 is 2.00 bits per heavy atom. The topological polar surface area (TPSA) is 49.3 Å². The lowest BCUT2D eigenvalue weighted by Crippen LogP contribution is -2.30. The number of carboxylic acids is 1. The third kappa shape index (κ3) is 3.04. The molecular formula is C6H9ClF3NO2. The molecule has 78 valence electrons. The van der Waals surface area contributed by atoms with Crippen LogP contribution in [0.4, 0.5) is 13.2 Å². The maximum atomic E-state index is 12.0. The summed E-state index contributed by atoms with van der Waals surface area (Å²) in [7, 11) is 0. The van der Waals surface area contributed by atoms with Crippen molar-refractivity contribution in [1.82, 2.24) is 5.32 Å². The average Bonchev–Trinajstić information content (AvgIpc) is 2.30. The standard InChI is InChI=1S/C6H8F3NO2.ClH/c7-6(8,9)3-1-4(5(11)12)10-2-3;/h3-4,10H,1-2H2,(H,11,12);1H. The Kier molecular flexibility index (Phi) is 3.99. The van der Waals surface area contributed by atoms with Gasteiger partial charge in [0.05, 0.1) is 5.92 Å². The number of alkyl halides is 3. The van der Waals surface area contributed by atoms with Crippen molar-refractivity contribution in [3.8, 4) is 0 Å². The van der Waals surface area contributed by atoms with E-state index in [1.807, 2.05) is 0 Å². The second-order valence-electron chi connectivity index (χ2n) is 2.77. The van der Waals surface area contributed by atoms with E-state index in [0.717, 1.165) is 0 Å². The molecule has 1 heterocycles. The summed E-state index contributed by atoms with van der Waals surface area (Å²) in [6.45, 7) is -0.291. The fourth-order valence-electron chi connectivity index (χ4n) is 1.17. The van der Waals surface area contributed by atoms with Gasteiger partial charge in [0, 0.05) is 6.54 Å². The summed E-state index contributed by atoms with van der Waals surface area (Å²) in [6.07, 6.45) is -4.64. The third-order valence-electron chi connectivity index (χ3n) is 1.89. The number of aliphatic carboxylic acids is 1. The Morgan fingerprint density at radius 3 is 2.23 bits per heavy atom. The molecule has 0 spiro atoms. The van der Waals surface area contributed by atoms with E-state index < -0.39 is 24.1 Å². The molecular weight excluding hydrogens is 211 g/mol. The maximum Gasteiger partial charge on any atom is 0.393 e. The van der Waals surface area contributed by atoms with Crippen molar-refractivity contribution in [3.05, 3.63) is 0 Å². The molecule has 1 rings (SSSR count). The molecule has 2 N–H and O–H groups in total. The van der Waals surface area contributed by atoms with Crippen molar-refractivity contribution in [1.29, 1.82) is 0 Å². The monoisotopic (exact) mass is 219 g/mol. The van der Waals surface area contributed by atoms with Crippen LogP contribution in [0.25, 0.3) is 0 Å². The lowest BCUT2D eigenvalue weighted by Gasteiger charge is -2.12. The van der Waals surface area contributed by atoms with Gasteiger partial charge in [-0.05, 0) is 6.42 Å². The molecule has 0 radical (unpaired) electrons. The molecule has 1 fully saturated rings. The largest absolute Gasteiger partial charge is 0.480 e. The van der Waals surface area contributed by atoms with Crippen LogP contribution in [0.1, 0.15) is 6.42 Å². The zero-order valence-corrected chi connectivity index (χ0v) is 7.28. The zero-order chi connectivity index (χ0) is 9.35. The first-order valence-electron chi connectivity index (χ1n) is 3.44. The SMILES string of the molecule is Cl.O=C(O)C1CC(C(F)(F)F)CN1. The maximum absolute atomic E-state index is 12.0. The van der Waals surface area contributed by atoms with Gasteiger partial charge in [-0.1, -0.05) is 0 Å². The summed E-state index contributed by atoms with van der Waals surface area (Å²) in [5.41, 5.74) is 0. The molecule has 1 aliphatic rings. The summed E-state index contributed by atoms with van der Waals surface area (Å²) in [5.74, 6) is -2.74. The average molecular weight is 220 g/mol. The van der Waals surface area contributed by atoms with Gasteiger partial charge in [-0.2, -0.15) is 13.2 Å². The Balaban J connectivity index is 0.00000144. The molecule has 1 aliphatic heterocycles. The number of nitrogens with one attached hydrogen (secondary N) is 1. The zero-order valence-electron chi connectivity index (χ0n) is 6.47. The lowest BCUT2D eigenvalue weighted by atomic mass is 10.1. The molecule has 3 nitrogen and oxygen atoms in total. The molecule has 0 aliphatic carbocycles. The van der Waals surface area contributed by atoms with Crippen molar-refractivity contribution in [2.24, 2.45) is 5.92 Å². The van der Waals surface area contributed by atoms with Gasteiger partial charge in [-0.25, -0.2) is 0 Å². The van der Waals surface area contributed by atoms with Gasteiger partial charge in [0.15, 0.2) is 0 Å². The highest BCUT2D eigenvalue weighted by molar-refractivity contribution is 5.85. The number of rotatable bonds is 1. The number of carbonyl (C=O) groups is 1. The fourth-order valence-corrected chi connectivity index (χ4v) is 1.17. The smallest absolute Gasteiger partial charge is 0.393 e. The Labute approximate surface area is 78.7 Å². The van der Waals surface area contributed by atoms with Crippen molar-refractivity contribution in [2.75, 3.05) is 6.54 Å². The molecule has 7 heteroatoms. The van der Waals surface area contributed by atoms with Gasteiger partial charge >= 0.3 is 12.1 Å². The van der Waals surface area contributed by atoms with Gasteiger partial charge in [0.25, 0.3) is 0 Å². The summed E-state index contributed by atoms with van der Waals surface area (Å²) in [5, 5.41) is 10.7. The Morgan fingerprint density at radius 1 is 1.46 bits per heavy atom. The van der Waals surface area contributed by atoms with E-state index >= 15 is 0 Å². The molecule has 0 aromatic carbocycles. The van der Waals surface area contributed by atoms with Crippen LogP contribution in [0.15, 0.2) is 0 Å². The van der Waals surface area contributed by atoms with Crippen LogP contribution in [0.3, 0.4) is 0 Å². The van der Waals surface area contributed by atoms with Crippen LogP contribution in [0.2, 0.25) is 0 Å². The summed E-state index contributed by atoms with van der Waals surface area (Å²) < 4.78 is 35.9. The van der Waals surface area contributed by atoms with E-state index in [2.05, 4.69) is 5.32 Å². The summed E-state index contributed by atoms with van der Waals surface area (Å²) >= 11 is 0. The van der Waals surface area contributed by atoms with Crippen LogP contribution >= 0.6 is 12.4 Å². The molecule has 13 heavy (non-hydrogen) atoms. The number of carboxylic acid groups (broad SMARTS) is 1. The molecule has 0 aromatic heterocycles. The van der Waals surface area contributed by atoms with Crippen molar-refractivity contribution < 1.29 is 23.1 Å². The van der Waals surface area contributed by atoms with Crippen LogP contribution in [0, 0.1) is 5.92 Å². The Hall–Kier alpha value is -0.490. The van der Waals surface area contributed by atoms with Crippen LogP contribution < -0.4 is 5.32 Å². The van der Waals surface area contributed by atoms with E-state index in [9.17, 15) is 18.0 Å². The van der Waals surface area contributed by atoms with E-state index in [0.29, 0.717) is 0 Å². The molecule has 0 bridgehead atoms. The quantitative estimate of drug-likeness (QED) is 0.693. The van der Waals surface area contributed by atoms with Gasteiger partial charge in [-0.15, -0.1) is 12.4 Å². The first-order chi connectivity index (χ1) is 5.41. The van der Waals surface area contributed by atoms with Crippen LogP contribution in [-0.4, -0.2) is 29.8 Å². The third-order valence-corrected chi connectivity index (χ3v) is 1.89. The van der Waals surface area contributed by atoms with E-state index in [1.165, 1.54) is 0 Å². The molecule has 2 atom stereocenters. The Bertz CT molecular complexity index is 197. The molecule has 0 amide bonds. The highest BCUT2D eigenvalue weighted by Crippen LogP contribution is 2.32. The second kappa shape index (κ2) is 4.15. The first kappa shape index (κ1) is 12.5. The van der Waals surface area contributed by atoms with Gasteiger partial charge in [0.1, 0.15) is 6.04 Å². The van der Waals surface area contributed by atoms with E-state index in [-0.39, 0.29) is 25.4 Å². The number of halogens is 4. The van der Waals surface area contributed by atoms with E-state index in [4.69, 9.17) is 5.11 Å². The predicted molar refractivity (Wildman–Crippen MR) is 40.8 cm³/mol. The minimum absolute atomic E-state index is 0. The normalized spacial score (nSPS) is 28.2. The molecule has 1 saturated heterocycles. The van der Waals surface area contributed by atoms with Crippen molar-refractivity contribution >= 4 is 18.4 Å². The summed E-state index contributed by atoms with van der Waals surface area (Å²) in [6, 6.07) is -1.04. The first-order valence-corrected chi connectivity index (χ1v) is 3.44. The van der Waals surface area contributed by atoms with Gasteiger partial charge in [0.2, 0.25) is 0 Å². The lowest BCUT2D eigenvalue weighted by molar-refractivity contribution is -0.169. The highest BCUT2D eigenvalue weighted by Gasteiger charge is 2.45. The molecule has 0 saturated carbocycles. The molecule has 2 unspecified atom stereocenters. The number of hydrogen-bond acceptors (Lipinski definition) is 2. The van der Waals surface area contributed by atoms with Crippen molar-refractivity contribution in [2.45, 2.75) is 18.6 Å². The highest BCUT2D eigenvalue weighted by atomic mass is 35.5. The molecule has 0 aromatic rings. The minimum Gasteiger partial charge on any atom is -0.480 e. The van der Waals surface area contributed by atoms with Crippen LogP contribution in [-0.2, 0) is 4.79 Å². The van der Waals surface area contributed by atoms with Gasteiger partial charge in [-0.3, -0.25) is 4.79 Å². The second-order valence-corrected chi connectivity index (χ2v) is 2.77. The predicted octanol–water partition coefficient (Wildman–Crippen LogP) is 1.03. The fraction of sp³-hybridized carbons (Fsp3) is 0.833. The minimum atomic E-state index is -4.28.